The fourth-order valence-electron chi connectivity index (χ4n) is 1.72. The van der Waals surface area contributed by atoms with Gasteiger partial charge in [-0.15, -0.1) is 0 Å². The van der Waals surface area contributed by atoms with Gasteiger partial charge in [-0.05, 0) is 31.7 Å². The molecule has 1 aromatic rings. The molecule has 0 radical (unpaired) electrons. The number of aromatic nitrogens is 2. The fraction of sp³-hybridized carbons (Fsp3) is 0.786. The molecule has 0 saturated heterocycles. The molecule has 1 aromatic heterocycles. The average Bonchev–Trinajstić information content (AvgIpc) is 2.58. The number of hydrogen-bond donors (Lipinski definition) is 1. The summed E-state index contributed by atoms with van der Waals surface area (Å²) in [6.45, 7) is 13.2. The van der Waals surface area contributed by atoms with Crippen LogP contribution in [0.15, 0.2) is 6.07 Å². The molecule has 17 heavy (non-hydrogen) atoms. The first-order valence-electron chi connectivity index (χ1n) is 6.49. The van der Waals surface area contributed by atoms with E-state index in [0.717, 1.165) is 24.4 Å². The van der Waals surface area contributed by atoms with E-state index < -0.39 is 5.60 Å². The molecule has 0 aromatic carbocycles. The van der Waals surface area contributed by atoms with E-state index in [4.69, 9.17) is 0 Å². The van der Waals surface area contributed by atoms with Crippen LogP contribution in [0.3, 0.4) is 0 Å². The van der Waals surface area contributed by atoms with Gasteiger partial charge in [-0.25, -0.2) is 0 Å². The lowest BCUT2D eigenvalue weighted by molar-refractivity contribution is -0.0419. The third-order valence-electron chi connectivity index (χ3n) is 3.72. The van der Waals surface area contributed by atoms with Gasteiger partial charge in [0.15, 0.2) is 0 Å². The van der Waals surface area contributed by atoms with Crippen LogP contribution < -0.4 is 0 Å². The summed E-state index contributed by atoms with van der Waals surface area (Å²) in [5.74, 6) is 0. The van der Waals surface area contributed by atoms with E-state index in [1.165, 1.54) is 0 Å². The van der Waals surface area contributed by atoms with Crippen molar-refractivity contribution in [2.24, 2.45) is 5.41 Å². The second kappa shape index (κ2) is 4.81. The molecule has 1 unspecified atom stereocenters. The van der Waals surface area contributed by atoms with E-state index in [-0.39, 0.29) is 5.41 Å². The maximum Gasteiger partial charge on any atom is 0.0722 e. The molecular weight excluding hydrogens is 212 g/mol. The van der Waals surface area contributed by atoms with Crippen LogP contribution in [0.4, 0.5) is 0 Å². The Labute approximate surface area is 105 Å². The average molecular weight is 238 g/mol. The highest BCUT2D eigenvalue weighted by atomic mass is 16.3. The number of hydrogen-bond acceptors (Lipinski definition) is 2. The van der Waals surface area contributed by atoms with E-state index in [1.807, 2.05) is 11.6 Å². The highest BCUT2D eigenvalue weighted by Crippen LogP contribution is 2.33. The van der Waals surface area contributed by atoms with Crippen molar-refractivity contribution in [2.75, 3.05) is 0 Å². The Hall–Kier alpha value is -0.830. The third-order valence-corrected chi connectivity index (χ3v) is 3.72. The summed E-state index contributed by atoms with van der Waals surface area (Å²) in [5, 5.41) is 15.1. The number of rotatable bonds is 4. The van der Waals surface area contributed by atoms with E-state index >= 15 is 0 Å². The van der Waals surface area contributed by atoms with Gasteiger partial charge in [0.25, 0.3) is 0 Å². The van der Waals surface area contributed by atoms with Crippen molar-refractivity contribution in [3.05, 3.63) is 17.5 Å². The zero-order valence-electron chi connectivity index (χ0n) is 12.0. The molecule has 0 aliphatic carbocycles. The Balaban J connectivity index is 2.98. The van der Waals surface area contributed by atoms with Crippen molar-refractivity contribution in [3.8, 4) is 0 Å². The summed E-state index contributed by atoms with van der Waals surface area (Å²) < 4.78 is 2.00. The molecule has 0 amide bonds. The van der Waals surface area contributed by atoms with Gasteiger partial charge in [-0.3, -0.25) is 4.68 Å². The fourth-order valence-corrected chi connectivity index (χ4v) is 1.72. The third kappa shape index (κ3) is 3.09. The van der Waals surface area contributed by atoms with Crippen molar-refractivity contribution < 1.29 is 5.11 Å². The van der Waals surface area contributed by atoms with Crippen LogP contribution in [-0.2, 0) is 19.4 Å². The molecule has 98 valence electrons. The first-order chi connectivity index (χ1) is 7.71. The van der Waals surface area contributed by atoms with Crippen LogP contribution in [0, 0.1) is 5.41 Å². The van der Waals surface area contributed by atoms with Crippen LogP contribution in [0.1, 0.15) is 52.9 Å². The normalized spacial score (nSPS) is 15.9. The van der Waals surface area contributed by atoms with Crippen molar-refractivity contribution >= 4 is 0 Å². The minimum absolute atomic E-state index is 0.137. The first kappa shape index (κ1) is 14.2. The quantitative estimate of drug-likeness (QED) is 0.876. The minimum atomic E-state index is -0.717. The molecule has 0 bridgehead atoms. The topological polar surface area (TPSA) is 38.0 Å². The summed E-state index contributed by atoms with van der Waals surface area (Å²) in [6, 6.07) is 2.11. The summed E-state index contributed by atoms with van der Waals surface area (Å²) >= 11 is 0. The molecule has 1 atom stereocenters. The van der Waals surface area contributed by atoms with Crippen molar-refractivity contribution in [1.29, 1.82) is 0 Å². The number of aliphatic hydroxyl groups is 1. The monoisotopic (exact) mass is 238 g/mol. The Bertz CT molecular complexity index is 372. The zero-order chi connectivity index (χ0) is 13.3. The lowest BCUT2D eigenvalue weighted by Crippen LogP contribution is -2.42. The van der Waals surface area contributed by atoms with Gasteiger partial charge in [-0.2, -0.15) is 5.10 Å². The largest absolute Gasteiger partial charge is 0.389 e. The predicted octanol–water partition coefficient (Wildman–Crippen LogP) is 2.81. The van der Waals surface area contributed by atoms with Gasteiger partial charge in [0.05, 0.1) is 11.3 Å². The molecule has 0 aliphatic rings. The Morgan fingerprint density at radius 2 is 1.82 bits per heavy atom. The Kier molecular flexibility index (Phi) is 4.03. The van der Waals surface area contributed by atoms with Crippen LogP contribution in [0.5, 0.6) is 0 Å². The molecule has 1 rings (SSSR count). The van der Waals surface area contributed by atoms with E-state index in [0.29, 0.717) is 6.42 Å². The summed E-state index contributed by atoms with van der Waals surface area (Å²) in [4.78, 5) is 0. The summed E-state index contributed by atoms with van der Waals surface area (Å²) in [6.07, 6.45) is 1.59. The van der Waals surface area contributed by atoms with Gasteiger partial charge in [0, 0.05) is 18.7 Å². The van der Waals surface area contributed by atoms with Crippen molar-refractivity contribution in [1.82, 2.24) is 9.78 Å². The molecular formula is C14H26N2O. The maximum absolute atomic E-state index is 10.6. The predicted molar refractivity (Wildman–Crippen MR) is 71.1 cm³/mol. The first-order valence-corrected chi connectivity index (χ1v) is 6.49. The highest BCUT2D eigenvalue weighted by molar-refractivity contribution is 5.14. The lowest BCUT2D eigenvalue weighted by Gasteiger charge is -2.37. The van der Waals surface area contributed by atoms with Crippen LogP contribution >= 0.6 is 0 Å². The molecule has 0 saturated carbocycles. The van der Waals surface area contributed by atoms with Crippen molar-refractivity contribution in [3.63, 3.8) is 0 Å². The molecule has 0 spiro atoms. The number of nitrogens with zero attached hydrogens (tertiary/aromatic N) is 2. The van der Waals surface area contributed by atoms with Gasteiger partial charge < -0.3 is 5.11 Å². The molecule has 1 heterocycles. The van der Waals surface area contributed by atoms with E-state index in [1.54, 1.807) is 0 Å². The minimum Gasteiger partial charge on any atom is -0.389 e. The maximum atomic E-state index is 10.6. The molecule has 3 heteroatoms. The number of aryl methyl sites for hydroxylation is 2. The zero-order valence-corrected chi connectivity index (χ0v) is 12.0. The van der Waals surface area contributed by atoms with Gasteiger partial charge in [0.1, 0.15) is 0 Å². The lowest BCUT2D eigenvalue weighted by atomic mass is 9.75. The van der Waals surface area contributed by atoms with Gasteiger partial charge >= 0.3 is 0 Å². The second-order valence-electron chi connectivity index (χ2n) is 6.00. The van der Waals surface area contributed by atoms with E-state index in [9.17, 15) is 5.11 Å². The molecule has 0 aliphatic heterocycles. The summed E-state index contributed by atoms with van der Waals surface area (Å²) in [7, 11) is 0. The Morgan fingerprint density at radius 3 is 2.24 bits per heavy atom. The summed E-state index contributed by atoms with van der Waals surface area (Å²) in [5.41, 5.74) is 1.38. The highest BCUT2D eigenvalue weighted by Gasteiger charge is 2.36. The van der Waals surface area contributed by atoms with Gasteiger partial charge in [0.2, 0.25) is 0 Å². The van der Waals surface area contributed by atoms with Crippen LogP contribution in [-0.4, -0.2) is 20.5 Å². The Morgan fingerprint density at radius 1 is 1.24 bits per heavy atom. The van der Waals surface area contributed by atoms with Gasteiger partial charge in [-0.1, -0.05) is 27.7 Å². The van der Waals surface area contributed by atoms with Crippen LogP contribution in [0.2, 0.25) is 0 Å². The standard InChI is InChI=1S/C14H26N2O/c1-7-11-9-12(16(8-2)15-11)10-14(6,17)13(3,4)5/h9,17H,7-8,10H2,1-6H3. The second-order valence-corrected chi connectivity index (χ2v) is 6.00. The van der Waals surface area contributed by atoms with Crippen molar-refractivity contribution in [2.45, 2.75) is 66.5 Å². The molecule has 0 fully saturated rings. The smallest absolute Gasteiger partial charge is 0.0722 e. The molecule has 1 N–H and O–H groups in total. The van der Waals surface area contributed by atoms with E-state index in [2.05, 4.69) is 45.8 Å². The SMILES string of the molecule is CCc1cc(CC(C)(O)C(C)(C)C)n(CC)n1. The van der Waals surface area contributed by atoms with Crippen LogP contribution in [0.25, 0.3) is 0 Å². The molecule has 3 nitrogen and oxygen atoms in total.